The highest BCUT2D eigenvalue weighted by Crippen LogP contribution is 2.33. The average Bonchev–Trinajstić information content (AvgIpc) is 2.40. The number of ether oxygens (including phenoxy) is 1. The van der Waals surface area contributed by atoms with Crippen LogP contribution in [0.2, 0.25) is 0 Å². The molecule has 1 aromatic carbocycles. The Bertz CT molecular complexity index is 458. The average molecular weight is 228 g/mol. The van der Waals surface area contributed by atoms with Crippen LogP contribution in [0.5, 0.6) is 0 Å². The van der Waals surface area contributed by atoms with Gasteiger partial charge in [-0.15, -0.1) is 0 Å². The number of Topliss-reactive ketones (excluding diaryl/α,β-unsaturated/α-hetero) is 1. The zero-order valence-electron chi connectivity index (χ0n) is 9.93. The molecule has 1 fully saturated rings. The molecular formula is C15H16O2. The van der Waals surface area contributed by atoms with Crippen LogP contribution < -0.4 is 0 Å². The second-order valence-electron chi connectivity index (χ2n) is 4.95. The molecule has 2 aliphatic heterocycles. The molecule has 3 aliphatic rings. The first-order valence-electron chi connectivity index (χ1n) is 6.19. The summed E-state index contributed by atoms with van der Waals surface area (Å²) in [5, 5.41) is 0. The van der Waals surface area contributed by atoms with E-state index in [1.54, 1.807) is 0 Å². The Labute approximate surface area is 101 Å². The number of ketones is 1. The predicted octanol–water partition coefficient (Wildman–Crippen LogP) is 2.91. The lowest BCUT2D eigenvalue weighted by Gasteiger charge is -2.37. The molecule has 2 heterocycles. The molecule has 2 nitrogen and oxygen atoms in total. The van der Waals surface area contributed by atoms with Crippen molar-refractivity contribution in [3.8, 4) is 0 Å². The minimum Gasteiger partial charge on any atom is -0.362 e. The van der Waals surface area contributed by atoms with E-state index in [0.29, 0.717) is 0 Å². The van der Waals surface area contributed by atoms with Crippen molar-refractivity contribution in [2.45, 2.75) is 32.0 Å². The molecule has 0 aromatic heterocycles. The molecule has 0 saturated carbocycles. The van der Waals surface area contributed by atoms with Crippen LogP contribution >= 0.6 is 0 Å². The summed E-state index contributed by atoms with van der Waals surface area (Å²) in [6, 6.07) is 7.74. The van der Waals surface area contributed by atoms with Crippen LogP contribution in [-0.2, 0) is 4.74 Å². The van der Waals surface area contributed by atoms with Gasteiger partial charge in [-0.1, -0.05) is 42.0 Å². The molecule has 2 heteroatoms. The summed E-state index contributed by atoms with van der Waals surface area (Å²) in [6.45, 7) is 2.02. The number of carbonyl (C=O) groups is 1. The Morgan fingerprint density at radius 1 is 1.18 bits per heavy atom. The van der Waals surface area contributed by atoms with E-state index in [1.807, 2.05) is 31.2 Å². The second-order valence-corrected chi connectivity index (χ2v) is 4.95. The molecule has 1 aliphatic carbocycles. The molecule has 0 radical (unpaired) electrons. The first-order chi connectivity index (χ1) is 8.24. The quantitative estimate of drug-likeness (QED) is 0.574. The summed E-state index contributed by atoms with van der Waals surface area (Å²) in [5.41, 5.74) is 1.94. The van der Waals surface area contributed by atoms with E-state index in [1.165, 1.54) is 5.56 Å². The summed E-state index contributed by atoms with van der Waals surface area (Å²) < 4.78 is 5.80. The van der Waals surface area contributed by atoms with E-state index in [-0.39, 0.29) is 23.9 Å². The van der Waals surface area contributed by atoms with Gasteiger partial charge < -0.3 is 4.74 Å². The minimum atomic E-state index is -0.263. The molecule has 88 valence electrons. The van der Waals surface area contributed by atoms with E-state index in [9.17, 15) is 4.79 Å². The molecule has 4 rings (SSSR count). The van der Waals surface area contributed by atoms with Crippen LogP contribution in [0.3, 0.4) is 0 Å². The van der Waals surface area contributed by atoms with Gasteiger partial charge in [-0.25, -0.2) is 0 Å². The van der Waals surface area contributed by atoms with Crippen LogP contribution in [0, 0.1) is 12.8 Å². The fraction of sp³-hybridized carbons (Fsp3) is 0.400. The number of aryl methyl sites for hydroxylation is 1. The lowest BCUT2D eigenvalue weighted by atomic mass is 9.83. The largest absolute Gasteiger partial charge is 0.362 e. The normalized spacial score (nSPS) is 30.5. The minimum absolute atomic E-state index is 0.129. The van der Waals surface area contributed by atoms with Crippen molar-refractivity contribution in [2.75, 3.05) is 0 Å². The van der Waals surface area contributed by atoms with Crippen LogP contribution in [0.25, 0.3) is 0 Å². The van der Waals surface area contributed by atoms with Crippen molar-refractivity contribution in [1.82, 2.24) is 0 Å². The third-order valence-corrected chi connectivity index (χ3v) is 3.66. The fourth-order valence-corrected chi connectivity index (χ4v) is 2.61. The highest BCUT2D eigenvalue weighted by atomic mass is 16.5. The number of rotatable bonds is 2. The van der Waals surface area contributed by atoms with E-state index in [4.69, 9.17) is 4.74 Å². The summed E-state index contributed by atoms with van der Waals surface area (Å²) in [6.07, 6.45) is 6.25. The SMILES string of the molecule is Cc1ccc(C(=O)[C@@H]2O[C@@H]3C=C[C@H]2CC3)cc1. The molecule has 17 heavy (non-hydrogen) atoms. The molecule has 1 saturated heterocycles. The number of hydrogen-bond donors (Lipinski definition) is 0. The predicted molar refractivity (Wildman–Crippen MR) is 66.0 cm³/mol. The van der Waals surface area contributed by atoms with Crippen LogP contribution in [0.15, 0.2) is 36.4 Å². The van der Waals surface area contributed by atoms with Gasteiger partial charge in [0.1, 0.15) is 6.10 Å². The Morgan fingerprint density at radius 3 is 2.47 bits per heavy atom. The Morgan fingerprint density at radius 2 is 1.94 bits per heavy atom. The smallest absolute Gasteiger partial charge is 0.192 e. The first kappa shape index (κ1) is 10.7. The van der Waals surface area contributed by atoms with Crippen molar-refractivity contribution in [2.24, 2.45) is 5.92 Å². The highest BCUT2D eigenvalue weighted by molar-refractivity contribution is 6.00. The van der Waals surface area contributed by atoms with Gasteiger partial charge in [-0.3, -0.25) is 4.79 Å². The Hall–Kier alpha value is -1.41. The van der Waals surface area contributed by atoms with Crippen molar-refractivity contribution >= 4 is 5.78 Å². The fourth-order valence-electron chi connectivity index (χ4n) is 2.61. The van der Waals surface area contributed by atoms with E-state index >= 15 is 0 Å². The molecule has 0 amide bonds. The third-order valence-electron chi connectivity index (χ3n) is 3.66. The number of benzene rings is 1. The summed E-state index contributed by atoms with van der Waals surface area (Å²) in [5.74, 6) is 0.401. The first-order valence-corrected chi connectivity index (χ1v) is 6.19. The van der Waals surface area contributed by atoms with E-state index < -0.39 is 0 Å². The van der Waals surface area contributed by atoms with Gasteiger partial charge >= 0.3 is 0 Å². The number of hydrogen-bond acceptors (Lipinski definition) is 2. The van der Waals surface area contributed by atoms with E-state index in [0.717, 1.165) is 18.4 Å². The summed E-state index contributed by atoms with van der Waals surface area (Å²) >= 11 is 0. The molecular weight excluding hydrogens is 212 g/mol. The molecule has 0 unspecified atom stereocenters. The zero-order chi connectivity index (χ0) is 11.8. The molecule has 0 N–H and O–H groups in total. The highest BCUT2D eigenvalue weighted by Gasteiger charge is 2.37. The Kier molecular flexibility index (Phi) is 2.60. The van der Waals surface area contributed by atoms with Crippen LogP contribution in [-0.4, -0.2) is 18.0 Å². The maximum Gasteiger partial charge on any atom is 0.192 e. The van der Waals surface area contributed by atoms with Gasteiger partial charge in [0.2, 0.25) is 0 Å². The van der Waals surface area contributed by atoms with Gasteiger partial charge in [0.25, 0.3) is 0 Å². The topological polar surface area (TPSA) is 26.3 Å². The molecule has 2 bridgehead atoms. The Balaban J connectivity index is 1.83. The molecule has 3 atom stereocenters. The second kappa shape index (κ2) is 4.11. The maximum atomic E-state index is 12.3. The van der Waals surface area contributed by atoms with Crippen LogP contribution in [0.1, 0.15) is 28.8 Å². The van der Waals surface area contributed by atoms with E-state index in [2.05, 4.69) is 12.2 Å². The monoisotopic (exact) mass is 228 g/mol. The number of fused-ring (bicyclic) bond motifs is 2. The van der Waals surface area contributed by atoms with Crippen molar-refractivity contribution in [3.05, 3.63) is 47.5 Å². The van der Waals surface area contributed by atoms with Gasteiger partial charge in [0.05, 0.1) is 6.10 Å². The lowest BCUT2D eigenvalue weighted by Crippen LogP contribution is -2.42. The van der Waals surface area contributed by atoms with Gasteiger partial charge in [0.15, 0.2) is 5.78 Å². The van der Waals surface area contributed by atoms with Crippen molar-refractivity contribution < 1.29 is 9.53 Å². The van der Waals surface area contributed by atoms with Gasteiger partial charge in [-0.05, 0) is 19.8 Å². The maximum absolute atomic E-state index is 12.3. The zero-order valence-corrected chi connectivity index (χ0v) is 9.93. The van der Waals surface area contributed by atoms with Gasteiger partial charge in [0, 0.05) is 11.5 Å². The molecule has 0 spiro atoms. The third kappa shape index (κ3) is 1.93. The van der Waals surface area contributed by atoms with Crippen molar-refractivity contribution in [3.63, 3.8) is 0 Å². The standard InChI is InChI=1S/C15H16O2/c1-10-2-4-11(5-3-10)14(16)15-12-6-8-13(17-15)9-7-12/h2-6,8,12-13,15H,7,9H2,1H3/t12-,13+,15+/m0/s1. The van der Waals surface area contributed by atoms with Crippen molar-refractivity contribution in [1.29, 1.82) is 0 Å². The van der Waals surface area contributed by atoms with Crippen LogP contribution in [0.4, 0.5) is 0 Å². The number of carbonyl (C=O) groups excluding carboxylic acids is 1. The lowest BCUT2D eigenvalue weighted by molar-refractivity contribution is -0.0432. The summed E-state index contributed by atoms with van der Waals surface area (Å²) in [7, 11) is 0. The molecule has 1 aromatic rings. The summed E-state index contributed by atoms with van der Waals surface area (Å²) in [4.78, 5) is 12.3. The van der Waals surface area contributed by atoms with Gasteiger partial charge in [-0.2, -0.15) is 0 Å².